The summed E-state index contributed by atoms with van der Waals surface area (Å²) in [4.78, 5) is 27.5. The van der Waals surface area contributed by atoms with Crippen LogP contribution in [0.25, 0.3) is 10.9 Å². The highest BCUT2D eigenvalue weighted by atomic mass is 16.2. The molecule has 0 fully saturated rings. The fourth-order valence-corrected chi connectivity index (χ4v) is 2.72. The molecule has 0 atom stereocenters. The Morgan fingerprint density at radius 2 is 1.68 bits per heavy atom. The molecule has 2 amide bonds. The van der Waals surface area contributed by atoms with Crippen molar-refractivity contribution in [3.05, 3.63) is 71.4 Å². The van der Waals surface area contributed by atoms with Gasteiger partial charge in [-0.3, -0.25) is 20.4 Å². The number of aromatic amines is 1. The van der Waals surface area contributed by atoms with Gasteiger partial charge in [0.2, 0.25) is 0 Å². The van der Waals surface area contributed by atoms with Crippen LogP contribution in [0.15, 0.2) is 54.7 Å². The number of para-hydroxylation sites is 1. The van der Waals surface area contributed by atoms with Crippen molar-refractivity contribution >= 4 is 22.7 Å². The monoisotopic (exact) mass is 335 g/mol. The van der Waals surface area contributed by atoms with E-state index in [9.17, 15) is 9.59 Å². The van der Waals surface area contributed by atoms with Gasteiger partial charge in [0, 0.05) is 22.7 Å². The number of rotatable bonds is 5. The van der Waals surface area contributed by atoms with Crippen molar-refractivity contribution < 1.29 is 9.59 Å². The van der Waals surface area contributed by atoms with Crippen LogP contribution in [0.5, 0.6) is 0 Å². The van der Waals surface area contributed by atoms with Crippen LogP contribution < -0.4 is 10.9 Å². The van der Waals surface area contributed by atoms with E-state index in [1.54, 1.807) is 18.3 Å². The molecular formula is C20H21N3O2. The van der Waals surface area contributed by atoms with Crippen LogP contribution in [0, 0.1) is 0 Å². The van der Waals surface area contributed by atoms with Gasteiger partial charge in [0.05, 0.1) is 5.56 Å². The first-order chi connectivity index (χ1) is 12.2. The van der Waals surface area contributed by atoms with Crippen LogP contribution in [0.4, 0.5) is 0 Å². The summed E-state index contributed by atoms with van der Waals surface area (Å²) in [5, 5.41) is 0.814. The minimum absolute atomic E-state index is 0.338. The number of H-pyrrole nitrogens is 1. The Hall–Kier alpha value is -3.08. The Kier molecular flexibility index (Phi) is 5.14. The number of aryl methyl sites for hydroxylation is 1. The van der Waals surface area contributed by atoms with Crippen molar-refractivity contribution in [3.8, 4) is 0 Å². The second kappa shape index (κ2) is 7.66. The van der Waals surface area contributed by atoms with Crippen LogP contribution in [0.1, 0.15) is 46.0 Å². The normalized spacial score (nSPS) is 10.6. The number of hydrogen-bond acceptors (Lipinski definition) is 2. The number of hydrazine groups is 1. The molecule has 3 aromatic rings. The third-order valence-corrected chi connectivity index (χ3v) is 4.16. The molecule has 0 saturated carbocycles. The van der Waals surface area contributed by atoms with Crippen LogP contribution >= 0.6 is 0 Å². The van der Waals surface area contributed by atoms with Crippen LogP contribution in [-0.2, 0) is 6.42 Å². The predicted octanol–water partition coefficient (Wildman–Crippen LogP) is 3.59. The van der Waals surface area contributed by atoms with Gasteiger partial charge in [-0.25, -0.2) is 0 Å². The summed E-state index contributed by atoms with van der Waals surface area (Å²) < 4.78 is 0. The molecule has 0 unspecified atom stereocenters. The Labute approximate surface area is 146 Å². The van der Waals surface area contributed by atoms with Gasteiger partial charge >= 0.3 is 0 Å². The Balaban J connectivity index is 1.61. The van der Waals surface area contributed by atoms with Gasteiger partial charge in [-0.1, -0.05) is 43.7 Å². The van der Waals surface area contributed by atoms with Crippen molar-refractivity contribution in [2.24, 2.45) is 0 Å². The summed E-state index contributed by atoms with van der Waals surface area (Å²) in [6.07, 6.45) is 4.92. The van der Waals surface area contributed by atoms with Crippen molar-refractivity contribution in [1.82, 2.24) is 15.8 Å². The van der Waals surface area contributed by atoms with E-state index in [0.29, 0.717) is 11.1 Å². The molecule has 0 aliphatic rings. The van der Waals surface area contributed by atoms with E-state index < -0.39 is 0 Å². The minimum Gasteiger partial charge on any atom is -0.360 e. The molecule has 1 heterocycles. The molecule has 1 aromatic heterocycles. The molecule has 0 bridgehead atoms. The van der Waals surface area contributed by atoms with E-state index in [4.69, 9.17) is 0 Å². The van der Waals surface area contributed by atoms with Gasteiger partial charge < -0.3 is 4.98 Å². The molecule has 2 aromatic carbocycles. The molecule has 3 rings (SSSR count). The van der Waals surface area contributed by atoms with Crippen LogP contribution in [-0.4, -0.2) is 16.8 Å². The largest absolute Gasteiger partial charge is 0.360 e. The number of unbranched alkanes of at least 4 members (excludes halogenated alkanes) is 1. The standard InChI is InChI=1S/C20H21N3O2/c1-2-3-6-14-9-11-15(12-10-14)19(24)22-23-20(25)17-13-21-18-8-5-4-7-16(17)18/h4-5,7-13,21H,2-3,6H2,1H3,(H,22,24)(H,23,25). The fraction of sp³-hybridized carbons (Fsp3) is 0.200. The molecule has 25 heavy (non-hydrogen) atoms. The quantitative estimate of drug-likeness (QED) is 0.623. The number of fused-ring (bicyclic) bond motifs is 1. The number of carbonyl (C=O) groups excluding carboxylic acids is 2. The lowest BCUT2D eigenvalue weighted by Gasteiger charge is -2.07. The second-order valence-electron chi connectivity index (χ2n) is 5.96. The summed E-state index contributed by atoms with van der Waals surface area (Å²) >= 11 is 0. The van der Waals surface area contributed by atoms with Gasteiger partial charge in [0.1, 0.15) is 0 Å². The second-order valence-corrected chi connectivity index (χ2v) is 5.96. The molecule has 0 radical (unpaired) electrons. The summed E-state index contributed by atoms with van der Waals surface area (Å²) in [6, 6.07) is 15.0. The molecule has 3 N–H and O–H groups in total. The number of aromatic nitrogens is 1. The number of amides is 2. The summed E-state index contributed by atoms with van der Waals surface area (Å²) in [5.74, 6) is -0.694. The van der Waals surface area contributed by atoms with Crippen molar-refractivity contribution in [2.75, 3.05) is 0 Å². The van der Waals surface area contributed by atoms with E-state index in [1.807, 2.05) is 36.4 Å². The van der Waals surface area contributed by atoms with Crippen LogP contribution in [0.2, 0.25) is 0 Å². The van der Waals surface area contributed by atoms with Gasteiger partial charge in [-0.2, -0.15) is 0 Å². The number of carbonyl (C=O) groups is 2. The van der Waals surface area contributed by atoms with Gasteiger partial charge in [0.15, 0.2) is 0 Å². The van der Waals surface area contributed by atoms with Crippen molar-refractivity contribution in [1.29, 1.82) is 0 Å². The smallest absolute Gasteiger partial charge is 0.271 e. The molecule has 128 valence electrons. The van der Waals surface area contributed by atoms with Crippen LogP contribution in [0.3, 0.4) is 0 Å². The zero-order chi connectivity index (χ0) is 17.6. The van der Waals surface area contributed by atoms with Crippen molar-refractivity contribution in [2.45, 2.75) is 26.2 Å². The maximum Gasteiger partial charge on any atom is 0.271 e. The molecule has 0 aliphatic carbocycles. The third-order valence-electron chi connectivity index (χ3n) is 4.16. The number of nitrogens with one attached hydrogen (secondary N) is 3. The van der Waals surface area contributed by atoms with Gasteiger partial charge in [-0.05, 0) is 36.6 Å². The van der Waals surface area contributed by atoms with E-state index in [2.05, 4.69) is 22.8 Å². The first kappa shape index (κ1) is 16.8. The number of hydrogen-bond donors (Lipinski definition) is 3. The molecule has 5 heteroatoms. The average molecular weight is 335 g/mol. The first-order valence-electron chi connectivity index (χ1n) is 8.44. The highest BCUT2D eigenvalue weighted by Crippen LogP contribution is 2.17. The zero-order valence-corrected chi connectivity index (χ0v) is 14.1. The average Bonchev–Trinajstić information content (AvgIpc) is 3.09. The molecular weight excluding hydrogens is 314 g/mol. The molecule has 0 spiro atoms. The minimum atomic E-state index is -0.356. The highest BCUT2D eigenvalue weighted by molar-refractivity contribution is 6.07. The lowest BCUT2D eigenvalue weighted by atomic mass is 10.1. The van der Waals surface area contributed by atoms with E-state index in [-0.39, 0.29) is 11.8 Å². The summed E-state index contributed by atoms with van der Waals surface area (Å²) in [5.41, 5.74) is 8.02. The maximum absolute atomic E-state index is 12.3. The Morgan fingerprint density at radius 3 is 2.44 bits per heavy atom. The topological polar surface area (TPSA) is 74.0 Å². The third kappa shape index (κ3) is 3.88. The number of benzene rings is 2. The van der Waals surface area contributed by atoms with Gasteiger partial charge in [-0.15, -0.1) is 0 Å². The summed E-state index contributed by atoms with van der Waals surface area (Å²) in [6.45, 7) is 2.15. The van der Waals surface area contributed by atoms with E-state index >= 15 is 0 Å². The first-order valence-corrected chi connectivity index (χ1v) is 8.44. The fourth-order valence-electron chi connectivity index (χ4n) is 2.72. The maximum atomic E-state index is 12.3. The lowest BCUT2D eigenvalue weighted by molar-refractivity contribution is 0.0847. The zero-order valence-electron chi connectivity index (χ0n) is 14.1. The Morgan fingerprint density at radius 1 is 0.960 bits per heavy atom. The molecule has 0 saturated heterocycles. The lowest BCUT2D eigenvalue weighted by Crippen LogP contribution is -2.41. The molecule has 5 nitrogen and oxygen atoms in total. The van der Waals surface area contributed by atoms with E-state index in [0.717, 1.165) is 30.2 Å². The SMILES string of the molecule is CCCCc1ccc(C(=O)NNC(=O)c2c[nH]c3ccccc23)cc1. The van der Waals surface area contributed by atoms with E-state index in [1.165, 1.54) is 5.56 Å². The highest BCUT2D eigenvalue weighted by Gasteiger charge is 2.13. The van der Waals surface area contributed by atoms with Gasteiger partial charge in [0.25, 0.3) is 11.8 Å². The predicted molar refractivity (Wildman–Crippen MR) is 98.3 cm³/mol. The summed E-state index contributed by atoms with van der Waals surface area (Å²) in [7, 11) is 0. The van der Waals surface area contributed by atoms with Crippen molar-refractivity contribution in [3.63, 3.8) is 0 Å². The molecule has 0 aliphatic heterocycles. The Bertz CT molecular complexity index is 881.